The molecule has 0 fully saturated rings. The normalized spacial score (nSPS) is 13.1. The van der Waals surface area contributed by atoms with Gasteiger partial charge in [0.2, 0.25) is 0 Å². The second-order valence-corrected chi connectivity index (χ2v) is 13.0. The van der Waals surface area contributed by atoms with E-state index in [4.69, 9.17) is 4.42 Å². The number of hydrogen-bond acceptors (Lipinski definition) is 2. The van der Waals surface area contributed by atoms with Gasteiger partial charge in [-0.05, 0) is 82.3 Å². The Hall–Kier alpha value is -5.86. The van der Waals surface area contributed by atoms with Crippen LogP contribution in [0.4, 0.5) is 17.1 Å². The number of benzene rings is 6. The summed E-state index contributed by atoms with van der Waals surface area (Å²) in [5.41, 5.74) is 15.0. The highest BCUT2D eigenvalue weighted by Gasteiger charge is 2.38. The predicted octanol–water partition coefficient (Wildman–Crippen LogP) is 13.1. The molecule has 2 nitrogen and oxygen atoms in total. The monoisotopic (exact) mass is 619 g/mol. The molecule has 232 valence electrons. The van der Waals surface area contributed by atoms with Crippen LogP contribution in [0, 0.1) is 6.92 Å². The second-order valence-electron chi connectivity index (χ2n) is 13.0. The average molecular weight is 620 g/mol. The molecule has 0 atom stereocenters. The van der Waals surface area contributed by atoms with Gasteiger partial charge in [-0.25, -0.2) is 0 Å². The molecule has 0 saturated carbocycles. The van der Waals surface area contributed by atoms with Crippen molar-refractivity contribution in [2.45, 2.75) is 26.2 Å². The SMILES string of the molecule is C=C/C=C\c1c(C)oc2c3c(ccc12)C(C)(C)c1cc(N(c2ccc(-c4ccccc4)cc2)c2ccc(-c4ccccc4)cc2)ccc1-3. The number of aryl methyl sites for hydroxylation is 1. The van der Waals surface area contributed by atoms with E-state index < -0.39 is 0 Å². The zero-order chi connectivity index (χ0) is 32.8. The minimum atomic E-state index is -0.202. The lowest BCUT2D eigenvalue weighted by Gasteiger charge is -2.28. The van der Waals surface area contributed by atoms with Crippen molar-refractivity contribution >= 4 is 34.1 Å². The Morgan fingerprint density at radius 1 is 0.604 bits per heavy atom. The fourth-order valence-corrected chi connectivity index (χ4v) is 7.32. The number of fused-ring (bicyclic) bond motifs is 5. The lowest BCUT2D eigenvalue weighted by molar-refractivity contribution is 0.577. The zero-order valence-corrected chi connectivity index (χ0v) is 27.6. The number of allylic oxidation sites excluding steroid dienone is 2. The van der Waals surface area contributed by atoms with Crippen molar-refractivity contribution in [1.29, 1.82) is 0 Å². The Bertz CT molecular complexity index is 2220. The minimum absolute atomic E-state index is 0.202. The summed E-state index contributed by atoms with van der Waals surface area (Å²) in [4.78, 5) is 2.37. The molecule has 0 spiro atoms. The van der Waals surface area contributed by atoms with Crippen LogP contribution in [0.5, 0.6) is 0 Å². The number of hydrogen-bond donors (Lipinski definition) is 0. The van der Waals surface area contributed by atoms with Crippen LogP contribution >= 0.6 is 0 Å². The molecule has 1 heterocycles. The van der Waals surface area contributed by atoms with E-state index in [0.29, 0.717) is 0 Å². The molecule has 0 radical (unpaired) electrons. The molecule has 0 aliphatic heterocycles. The summed E-state index contributed by atoms with van der Waals surface area (Å²) < 4.78 is 6.50. The van der Waals surface area contributed by atoms with Crippen LogP contribution in [-0.4, -0.2) is 0 Å². The smallest absolute Gasteiger partial charge is 0.143 e. The maximum Gasteiger partial charge on any atom is 0.143 e. The van der Waals surface area contributed by atoms with Crippen LogP contribution in [-0.2, 0) is 5.41 Å². The lowest BCUT2D eigenvalue weighted by Crippen LogP contribution is -2.16. The summed E-state index contributed by atoms with van der Waals surface area (Å²) in [5, 5.41) is 1.13. The van der Waals surface area contributed by atoms with Gasteiger partial charge in [-0.3, -0.25) is 0 Å². The first kappa shape index (κ1) is 29.5. The van der Waals surface area contributed by atoms with Gasteiger partial charge < -0.3 is 9.32 Å². The molecule has 1 aliphatic carbocycles. The highest BCUT2D eigenvalue weighted by atomic mass is 16.3. The van der Waals surface area contributed by atoms with E-state index in [-0.39, 0.29) is 5.41 Å². The van der Waals surface area contributed by atoms with Crippen LogP contribution in [0.2, 0.25) is 0 Å². The molecule has 0 bridgehead atoms. The van der Waals surface area contributed by atoms with Gasteiger partial charge in [0.15, 0.2) is 0 Å². The molecule has 0 saturated heterocycles. The molecule has 7 aromatic rings. The number of nitrogens with zero attached hydrogens (tertiary/aromatic N) is 1. The van der Waals surface area contributed by atoms with Crippen molar-refractivity contribution < 1.29 is 4.42 Å². The molecule has 0 N–H and O–H groups in total. The van der Waals surface area contributed by atoms with E-state index in [9.17, 15) is 0 Å². The van der Waals surface area contributed by atoms with E-state index in [2.05, 4.69) is 171 Å². The third kappa shape index (κ3) is 4.89. The minimum Gasteiger partial charge on any atom is -0.460 e. The summed E-state index contributed by atoms with van der Waals surface area (Å²) >= 11 is 0. The third-order valence-electron chi connectivity index (χ3n) is 9.82. The largest absolute Gasteiger partial charge is 0.460 e. The molecule has 2 heteroatoms. The molecule has 48 heavy (non-hydrogen) atoms. The third-order valence-corrected chi connectivity index (χ3v) is 9.82. The van der Waals surface area contributed by atoms with Crippen molar-refractivity contribution in [2.75, 3.05) is 4.90 Å². The predicted molar refractivity (Wildman–Crippen MR) is 203 cm³/mol. The molecule has 0 amide bonds. The van der Waals surface area contributed by atoms with Gasteiger partial charge in [-0.2, -0.15) is 0 Å². The summed E-state index contributed by atoms with van der Waals surface area (Å²) in [6.45, 7) is 10.6. The molecule has 1 aromatic heterocycles. The number of furan rings is 1. The zero-order valence-electron chi connectivity index (χ0n) is 27.6. The van der Waals surface area contributed by atoms with E-state index >= 15 is 0 Å². The fraction of sp³-hybridized carbons (Fsp3) is 0.0870. The Labute approximate surface area is 282 Å². The maximum atomic E-state index is 6.50. The first-order chi connectivity index (χ1) is 23.4. The van der Waals surface area contributed by atoms with Crippen LogP contribution in [0.15, 0.2) is 163 Å². The summed E-state index contributed by atoms with van der Waals surface area (Å²) in [5.74, 6) is 0.920. The molecular formula is C46H37NO. The topological polar surface area (TPSA) is 16.4 Å². The molecular weight excluding hydrogens is 583 g/mol. The summed E-state index contributed by atoms with van der Waals surface area (Å²) in [6, 6.07) is 50.3. The molecule has 8 rings (SSSR count). The number of anilines is 3. The maximum absolute atomic E-state index is 6.50. The van der Waals surface area contributed by atoms with E-state index in [1.165, 1.54) is 44.5 Å². The van der Waals surface area contributed by atoms with Gasteiger partial charge in [0.05, 0.1) is 0 Å². The Balaban J connectivity index is 1.26. The van der Waals surface area contributed by atoms with Gasteiger partial charge >= 0.3 is 0 Å². The van der Waals surface area contributed by atoms with Crippen LogP contribution in [0.3, 0.4) is 0 Å². The van der Waals surface area contributed by atoms with Crippen LogP contribution < -0.4 is 4.90 Å². The standard InChI is InChI=1S/C46H37NO/c1-5-6-17-39-31(2)48-45-40(39)28-29-42-44(45)41-27-26-38(30-43(41)46(42,3)4)47(36-22-18-34(19-23-36)32-13-9-7-10-14-32)37-24-20-35(21-25-37)33-15-11-8-12-16-33/h5-30H,1H2,2-4H3/b17-6-. The van der Waals surface area contributed by atoms with Gasteiger partial charge in [0.25, 0.3) is 0 Å². The highest BCUT2D eigenvalue weighted by molar-refractivity contribution is 6.03. The quantitative estimate of drug-likeness (QED) is 0.165. The van der Waals surface area contributed by atoms with Gasteiger partial charge in [-0.1, -0.05) is 142 Å². The highest BCUT2D eigenvalue weighted by Crippen LogP contribution is 2.54. The summed E-state index contributed by atoms with van der Waals surface area (Å²) in [6.07, 6.45) is 5.87. The van der Waals surface area contributed by atoms with E-state index in [1.54, 1.807) is 0 Å². The van der Waals surface area contributed by atoms with Crippen molar-refractivity contribution in [2.24, 2.45) is 0 Å². The Kier molecular flexibility index (Phi) is 7.22. The molecule has 0 unspecified atom stereocenters. The Morgan fingerprint density at radius 3 is 1.71 bits per heavy atom. The molecule has 6 aromatic carbocycles. The van der Waals surface area contributed by atoms with Crippen LogP contribution in [0.1, 0.15) is 36.3 Å². The number of rotatable bonds is 7. The van der Waals surface area contributed by atoms with Crippen molar-refractivity contribution in [3.05, 3.63) is 181 Å². The van der Waals surface area contributed by atoms with Crippen molar-refractivity contribution in [1.82, 2.24) is 0 Å². The van der Waals surface area contributed by atoms with Crippen molar-refractivity contribution in [3.63, 3.8) is 0 Å². The van der Waals surface area contributed by atoms with E-state index in [0.717, 1.165) is 39.4 Å². The van der Waals surface area contributed by atoms with E-state index in [1.807, 2.05) is 19.1 Å². The average Bonchev–Trinajstić information content (AvgIpc) is 3.57. The van der Waals surface area contributed by atoms with Gasteiger partial charge in [0.1, 0.15) is 11.3 Å². The molecule has 1 aliphatic rings. The second kappa shape index (κ2) is 11.7. The van der Waals surface area contributed by atoms with Gasteiger partial charge in [0, 0.05) is 39.0 Å². The van der Waals surface area contributed by atoms with Crippen molar-refractivity contribution in [3.8, 4) is 33.4 Å². The summed E-state index contributed by atoms with van der Waals surface area (Å²) in [7, 11) is 0. The Morgan fingerprint density at radius 2 is 1.15 bits per heavy atom. The lowest BCUT2D eigenvalue weighted by atomic mass is 9.82. The first-order valence-corrected chi connectivity index (χ1v) is 16.6. The van der Waals surface area contributed by atoms with Crippen LogP contribution in [0.25, 0.3) is 50.4 Å². The van der Waals surface area contributed by atoms with Gasteiger partial charge in [-0.15, -0.1) is 0 Å². The fourth-order valence-electron chi connectivity index (χ4n) is 7.32. The first-order valence-electron chi connectivity index (χ1n) is 16.6.